The van der Waals surface area contributed by atoms with Crippen molar-refractivity contribution in [3.63, 3.8) is 0 Å². The van der Waals surface area contributed by atoms with Crippen molar-refractivity contribution in [3.8, 4) is 0 Å². The molecule has 0 radical (unpaired) electrons. The minimum absolute atomic E-state index is 0.0773. The molecule has 0 unspecified atom stereocenters. The Morgan fingerprint density at radius 2 is 2.10 bits per heavy atom. The molecule has 0 atom stereocenters. The van der Waals surface area contributed by atoms with E-state index in [1.165, 1.54) is 12.5 Å². The third-order valence-electron chi connectivity index (χ3n) is 4.13. The maximum absolute atomic E-state index is 13.2. The summed E-state index contributed by atoms with van der Waals surface area (Å²) in [4.78, 5) is 13.5. The largest absolute Gasteiger partial charge is 0.478 e. The van der Waals surface area contributed by atoms with E-state index in [9.17, 15) is 14.3 Å². The first-order valence-electron chi connectivity index (χ1n) is 7.11. The molecule has 1 saturated heterocycles. The summed E-state index contributed by atoms with van der Waals surface area (Å²) in [7, 11) is 0. The fraction of sp³-hybridized carbons (Fsp3) is 0.562. The Bertz CT molecular complexity index is 499. The molecule has 20 heavy (non-hydrogen) atoms. The van der Waals surface area contributed by atoms with Crippen LogP contribution >= 0.6 is 0 Å². The molecule has 4 heteroatoms. The van der Waals surface area contributed by atoms with Crippen molar-refractivity contribution in [1.82, 2.24) is 4.90 Å². The first kappa shape index (κ1) is 15.0. The van der Waals surface area contributed by atoms with Crippen LogP contribution in [0.25, 0.3) is 0 Å². The summed E-state index contributed by atoms with van der Waals surface area (Å²) in [5.41, 5.74) is 1.12. The number of hydrogen-bond donors (Lipinski definition) is 1. The van der Waals surface area contributed by atoms with Crippen molar-refractivity contribution >= 4 is 5.97 Å². The number of aromatic carboxylic acids is 1. The summed E-state index contributed by atoms with van der Waals surface area (Å²) in [6, 6.07) is 4.04. The zero-order valence-corrected chi connectivity index (χ0v) is 12.2. The minimum atomic E-state index is -1.06. The topological polar surface area (TPSA) is 40.5 Å². The number of nitrogens with zero attached hydrogens (tertiary/aromatic N) is 1. The Kier molecular flexibility index (Phi) is 4.43. The molecule has 0 saturated carbocycles. The highest BCUT2D eigenvalue weighted by molar-refractivity contribution is 5.89. The first-order valence-corrected chi connectivity index (χ1v) is 7.11. The number of carboxylic acids is 1. The molecule has 1 N–H and O–H groups in total. The van der Waals surface area contributed by atoms with Crippen molar-refractivity contribution in [1.29, 1.82) is 0 Å². The molecule has 0 aliphatic carbocycles. The van der Waals surface area contributed by atoms with E-state index in [-0.39, 0.29) is 5.56 Å². The molecular formula is C16H22FNO2. The van der Waals surface area contributed by atoms with Crippen molar-refractivity contribution < 1.29 is 14.3 Å². The fourth-order valence-corrected chi connectivity index (χ4v) is 2.76. The molecule has 3 nitrogen and oxygen atoms in total. The first-order chi connectivity index (χ1) is 9.37. The summed E-state index contributed by atoms with van der Waals surface area (Å²) >= 11 is 0. The summed E-state index contributed by atoms with van der Waals surface area (Å²) in [6.07, 6.45) is 3.42. The van der Waals surface area contributed by atoms with Gasteiger partial charge in [0, 0.05) is 6.54 Å². The van der Waals surface area contributed by atoms with Crippen LogP contribution in [0.5, 0.6) is 0 Å². The SMILES string of the molecule is CC1(C)CCCN(Cc2ccc(F)cc2C(=O)O)CC1. The van der Waals surface area contributed by atoms with Crippen molar-refractivity contribution in [2.45, 2.75) is 39.7 Å². The van der Waals surface area contributed by atoms with Crippen LogP contribution < -0.4 is 0 Å². The van der Waals surface area contributed by atoms with Crippen LogP contribution in [0.3, 0.4) is 0 Å². The van der Waals surface area contributed by atoms with Crippen LogP contribution in [0.15, 0.2) is 18.2 Å². The molecule has 2 rings (SSSR count). The van der Waals surface area contributed by atoms with Gasteiger partial charge in [0.1, 0.15) is 5.82 Å². The summed E-state index contributed by atoms with van der Waals surface area (Å²) < 4.78 is 13.2. The predicted octanol–water partition coefficient (Wildman–Crippen LogP) is 3.54. The number of halogens is 1. The third kappa shape index (κ3) is 3.79. The van der Waals surface area contributed by atoms with E-state index in [4.69, 9.17) is 0 Å². The lowest BCUT2D eigenvalue weighted by molar-refractivity contribution is 0.0693. The van der Waals surface area contributed by atoms with Gasteiger partial charge in [-0.25, -0.2) is 9.18 Å². The second-order valence-corrected chi connectivity index (χ2v) is 6.40. The fourth-order valence-electron chi connectivity index (χ4n) is 2.76. The standard InChI is InChI=1S/C16H22FNO2/c1-16(2)6-3-8-18(9-7-16)11-12-4-5-13(17)10-14(12)15(19)20/h4-5,10H,3,6-9,11H2,1-2H3,(H,19,20). The molecule has 1 fully saturated rings. The Hall–Kier alpha value is -1.42. The Labute approximate surface area is 119 Å². The number of carboxylic acid groups (broad SMARTS) is 1. The zero-order valence-electron chi connectivity index (χ0n) is 12.2. The van der Waals surface area contributed by atoms with Crippen LogP contribution in [-0.4, -0.2) is 29.1 Å². The van der Waals surface area contributed by atoms with E-state index in [2.05, 4.69) is 18.7 Å². The summed E-state index contributed by atoms with van der Waals surface area (Å²) in [5, 5.41) is 9.17. The van der Waals surface area contributed by atoms with E-state index in [0.717, 1.165) is 32.0 Å². The van der Waals surface area contributed by atoms with Crippen LogP contribution in [0.2, 0.25) is 0 Å². The maximum atomic E-state index is 13.2. The molecule has 1 heterocycles. The van der Waals surface area contributed by atoms with Gasteiger partial charge in [-0.2, -0.15) is 0 Å². The van der Waals surface area contributed by atoms with Crippen LogP contribution in [0.1, 0.15) is 49.0 Å². The van der Waals surface area contributed by atoms with Crippen molar-refractivity contribution in [3.05, 3.63) is 35.1 Å². The number of likely N-dealkylation sites (tertiary alicyclic amines) is 1. The molecule has 1 aromatic carbocycles. The van der Waals surface area contributed by atoms with Gasteiger partial charge in [-0.05, 0) is 55.5 Å². The quantitative estimate of drug-likeness (QED) is 0.920. The molecule has 1 aliphatic heterocycles. The molecule has 110 valence electrons. The van der Waals surface area contributed by atoms with E-state index >= 15 is 0 Å². The van der Waals surface area contributed by atoms with Gasteiger partial charge in [-0.15, -0.1) is 0 Å². The predicted molar refractivity (Wildman–Crippen MR) is 76.3 cm³/mol. The average Bonchev–Trinajstić information content (AvgIpc) is 2.53. The van der Waals surface area contributed by atoms with Gasteiger partial charge < -0.3 is 5.11 Å². The van der Waals surface area contributed by atoms with Crippen molar-refractivity contribution in [2.24, 2.45) is 5.41 Å². The third-order valence-corrected chi connectivity index (χ3v) is 4.13. The second-order valence-electron chi connectivity index (χ2n) is 6.40. The van der Waals surface area contributed by atoms with Gasteiger partial charge in [0.15, 0.2) is 0 Å². The van der Waals surface area contributed by atoms with E-state index in [0.29, 0.717) is 17.5 Å². The van der Waals surface area contributed by atoms with E-state index in [1.807, 2.05) is 0 Å². The molecule has 0 amide bonds. The lowest BCUT2D eigenvalue weighted by atomic mass is 9.85. The molecule has 0 spiro atoms. The van der Waals surface area contributed by atoms with Gasteiger partial charge in [-0.1, -0.05) is 19.9 Å². The molecule has 1 aromatic rings. The number of hydrogen-bond acceptors (Lipinski definition) is 2. The summed E-state index contributed by atoms with van der Waals surface area (Å²) in [5.74, 6) is -1.56. The summed E-state index contributed by atoms with van der Waals surface area (Å²) in [6.45, 7) is 7.06. The lowest BCUT2D eigenvalue weighted by Crippen LogP contribution is -2.26. The van der Waals surface area contributed by atoms with Gasteiger partial charge in [0.2, 0.25) is 0 Å². The lowest BCUT2D eigenvalue weighted by Gasteiger charge is -2.23. The highest BCUT2D eigenvalue weighted by Crippen LogP contribution is 2.30. The van der Waals surface area contributed by atoms with Crippen LogP contribution in [0, 0.1) is 11.2 Å². The normalized spacial score (nSPS) is 19.6. The highest BCUT2D eigenvalue weighted by Gasteiger charge is 2.23. The maximum Gasteiger partial charge on any atom is 0.336 e. The molecular weight excluding hydrogens is 257 g/mol. The monoisotopic (exact) mass is 279 g/mol. The van der Waals surface area contributed by atoms with Crippen LogP contribution in [-0.2, 0) is 6.54 Å². The van der Waals surface area contributed by atoms with Gasteiger partial charge in [0.25, 0.3) is 0 Å². The Morgan fingerprint density at radius 3 is 2.80 bits per heavy atom. The van der Waals surface area contributed by atoms with Gasteiger partial charge in [-0.3, -0.25) is 4.90 Å². The number of carbonyl (C=O) groups is 1. The Morgan fingerprint density at radius 1 is 1.35 bits per heavy atom. The molecule has 0 bridgehead atoms. The number of rotatable bonds is 3. The van der Waals surface area contributed by atoms with Crippen molar-refractivity contribution in [2.75, 3.05) is 13.1 Å². The zero-order chi connectivity index (χ0) is 14.8. The van der Waals surface area contributed by atoms with E-state index < -0.39 is 11.8 Å². The number of benzene rings is 1. The molecule has 1 aliphatic rings. The smallest absolute Gasteiger partial charge is 0.336 e. The highest BCUT2D eigenvalue weighted by atomic mass is 19.1. The Balaban J connectivity index is 2.12. The van der Waals surface area contributed by atoms with Gasteiger partial charge in [0.05, 0.1) is 5.56 Å². The second kappa shape index (κ2) is 5.92. The van der Waals surface area contributed by atoms with Gasteiger partial charge >= 0.3 is 5.97 Å². The van der Waals surface area contributed by atoms with Crippen LogP contribution in [0.4, 0.5) is 4.39 Å². The molecule has 0 aromatic heterocycles. The van der Waals surface area contributed by atoms with E-state index in [1.54, 1.807) is 6.07 Å². The average molecular weight is 279 g/mol. The minimum Gasteiger partial charge on any atom is -0.478 e.